The van der Waals surface area contributed by atoms with Gasteiger partial charge in [-0.3, -0.25) is 0 Å². The summed E-state index contributed by atoms with van der Waals surface area (Å²) in [5, 5.41) is 1.39. The molecule has 1 aromatic heterocycles. The molecular weight excluding hydrogens is 354 g/mol. The number of fused-ring (bicyclic) bond motifs is 1. The number of H-pyrrole nitrogens is 1. The molecule has 0 saturated carbocycles. The highest BCUT2D eigenvalue weighted by molar-refractivity contribution is 5.91. The molecule has 1 heterocycles. The zero-order valence-electron chi connectivity index (χ0n) is 18.4. The van der Waals surface area contributed by atoms with E-state index in [4.69, 9.17) is 5.73 Å². The summed E-state index contributed by atoms with van der Waals surface area (Å²) in [7, 11) is 0. The molecule has 0 aliphatic rings. The fraction of sp³-hybridized carbons (Fsp3) is 0.462. The fourth-order valence-corrected chi connectivity index (χ4v) is 4.21. The van der Waals surface area contributed by atoms with Crippen LogP contribution in [-0.4, -0.2) is 24.6 Å². The van der Waals surface area contributed by atoms with Crippen molar-refractivity contribution in [1.29, 1.82) is 0 Å². The van der Waals surface area contributed by atoms with Gasteiger partial charge >= 0.3 is 0 Å². The van der Waals surface area contributed by atoms with Gasteiger partial charge in [0.2, 0.25) is 0 Å². The summed E-state index contributed by atoms with van der Waals surface area (Å²) in [6.45, 7) is 9.51. The van der Waals surface area contributed by atoms with Crippen LogP contribution in [0, 0.1) is 0 Å². The van der Waals surface area contributed by atoms with E-state index >= 15 is 0 Å². The van der Waals surface area contributed by atoms with E-state index < -0.39 is 0 Å². The summed E-state index contributed by atoms with van der Waals surface area (Å²) in [6.07, 6.45) is 6.92. The Morgan fingerprint density at radius 2 is 1.62 bits per heavy atom. The summed E-state index contributed by atoms with van der Waals surface area (Å²) in [4.78, 5) is 6.11. The molecule has 0 saturated heterocycles. The SMILES string of the molecule is CCCCc1ccc2[nH]c(-c3ccc(N(CC)CC)cc3)c(CCCCN)c2c1. The molecule has 0 unspecified atom stereocenters. The van der Waals surface area contributed by atoms with Crippen LogP contribution in [0.3, 0.4) is 0 Å². The zero-order valence-corrected chi connectivity index (χ0v) is 18.4. The van der Waals surface area contributed by atoms with Gasteiger partial charge in [0.05, 0.1) is 0 Å². The quantitative estimate of drug-likeness (QED) is 0.376. The zero-order chi connectivity index (χ0) is 20.6. The number of unbranched alkanes of at least 4 members (excludes halogenated alkanes) is 2. The van der Waals surface area contributed by atoms with Crippen LogP contribution < -0.4 is 10.6 Å². The van der Waals surface area contributed by atoms with E-state index in [1.54, 1.807) is 0 Å². The number of nitrogens with two attached hydrogens (primary N) is 1. The van der Waals surface area contributed by atoms with Gasteiger partial charge in [-0.2, -0.15) is 0 Å². The molecule has 3 aromatic rings. The molecule has 29 heavy (non-hydrogen) atoms. The molecule has 0 amide bonds. The first kappa shape index (κ1) is 21.4. The van der Waals surface area contributed by atoms with E-state index in [2.05, 4.69) is 73.1 Å². The Morgan fingerprint density at radius 1 is 0.862 bits per heavy atom. The molecule has 3 heteroatoms. The van der Waals surface area contributed by atoms with Gasteiger partial charge in [-0.25, -0.2) is 0 Å². The molecule has 2 aromatic carbocycles. The maximum absolute atomic E-state index is 5.77. The number of aromatic amines is 1. The third-order valence-corrected chi connectivity index (χ3v) is 5.96. The van der Waals surface area contributed by atoms with Crippen LogP contribution in [0.5, 0.6) is 0 Å². The van der Waals surface area contributed by atoms with E-state index in [0.29, 0.717) is 0 Å². The molecule has 156 valence electrons. The van der Waals surface area contributed by atoms with Crippen LogP contribution in [-0.2, 0) is 12.8 Å². The van der Waals surface area contributed by atoms with Gasteiger partial charge in [-0.15, -0.1) is 0 Å². The lowest BCUT2D eigenvalue weighted by Crippen LogP contribution is -2.21. The summed E-state index contributed by atoms with van der Waals surface area (Å²) >= 11 is 0. The van der Waals surface area contributed by atoms with Crippen LogP contribution in [0.1, 0.15) is 57.6 Å². The highest BCUT2D eigenvalue weighted by Gasteiger charge is 2.14. The third kappa shape index (κ3) is 5.02. The Bertz CT molecular complexity index is 888. The number of hydrogen-bond acceptors (Lipinski definition) is 2. The number of aryl methyl sites for hydroxylation is 2. The number of rotatable bonds is 11. The Labute approximate surface area is 176 Å². The van der Waals surface area contributed by atoms with Crippen molar-refractivity contribution >= 4 is 16.6 Å². The monoisotopic (exact) mass is 391 g/mol. The predicted octanol–water partition coefficient (Wildman–Crippen LogP) is 6.31. The lowest BCUT2D eigenvalue weighted by molar-refractivity contribution is 0.748. The van der Waals surface area contributed by atoms with Crippen molar-refractivity contribution in [1.82, 2.24) is 4.98 Å². The Kier molecular flexibility index (Phi) is 7.76. The van der Waals surface area contributed by atoms with Gasteiger partial charge in [-0.05, 0) is 93.5 Å². The lowest BCUT2D eigenvalue weighted by atomic mass is 9.98. The molecule has 0 atom stereocenters. The summed E-state index contributed by atoms with van der Waals surface area (Å²) in [6, 6.07) is 16.0. The van der Waals surface area contributed by atoms with Crippen molar-refractivity contribution < 1.29 is 0 Å². The summed E-state index contributed by atoms with van der Waals surface area (Å²) < 4.78 is 0. The predicted molar refractivity (Wildman–Crippen MR) is 128 cm³/mol. The molecule has 3 N–H and O–H groups in total. The van der Waals surface area contributed by atoms with E-state index in [1.165, 1.54) is 51.8 Å². The Hall–Kier alpha value is -2.26. The molecule has 3 nitrogen and oxygen atoms in total. The van der Waals surface area contributed by atoms with Gasteiger partial charge in [0.25, 0.3) is 0 Å². The van der Waals surface area contributed by atoms with Crippen LogP contribution in [0.4, 0.5) is 5.69 Å². The van der Waals surface area contributed by atoms with E-state index in [1.807, 2.05) is 0 Å². The van der Waals surface area contributed by atoms with Crippen molar-refractivity contribution in [3.05, 3.63) is 53.6 Å². The smallest absolute Gasteiger partial charge is 0.0497 e. The second-order valence-corrected chi connectivity index (χ2v) is 7.93. The molecular formula is C26H37N3. The van der Waals surface area contributed by atoms with Gasteiger partial charge in [0.15, 0.2) is 0 Å². The number of hydrogen-bond donors (Lipinski definition) is 2. The summed E-state index contributed by atoms with van der Waals surface area (Å²) in [5.41, 5.74) is 13.7. The number of nitrogens with one attached hydrogen (secondary N) is 1. The molecule has 0 spiro atoms. The van der Waals surface area contributed by atoms with Gasteiger partial charge < -0.3 is 15.6 Å². The number of benzene rings is 2. The number of nitrogens with zero attached hydrogens (tertiary/aromatic N) is 1. The standard InChI is InChI=1S/C26H37N3/c1-4-7-10-20-12-17-25-24(19-20)23(11-8-9-18-27)26(28-25)21-13-15-22(16-14-21)29(5-2)6-3/h12-17,19,28H,4-11,18,27H2,1-3H3. The van der Waals surface area contributed by atoms with Crippen molar-refractivity contribution in [3.63, 3.8) is 0 Å². The van der Waals surface area contributed by atoms with E-state index in [-0.39, 0.29) is 0 Å². The van der Waals surface area contributed by atoms with Crippen molar-refractivity contribution in [2.75, 3.05) is 24.5 Å². The van der Waals surface area contributed by atoms with Crippen LogP contribution in [0.2, 0.25) is 0 Å². The first-order valence-corrected chi connectivity index (χ1v) is 11.4. The number of anilines is 1. The molecule has 0 aliphatic carbocycles. The minimum absolute atomic E-state index is 0.762. The largest absolute Gasteiger partial charge is 0.372 e. The van der Waals surface area contributed by atoms with Crippen molar-refractivity contribution in [2.24, 2.45) is 5.73 Å². The summed E-state index contributed by atoms with van der Waals surface area (Å²) in [5.74, 6) is 0. The lowest BCUT2D eigenvalue weighted by Gasteiger charge is -2.21. The third-order valence-electron chi connectivity index (χ3n) is 5.96. The Balaban J connectivity index is 1.99. The van der Waals surface area contributed by atoms with E-state index in [0.717, 1.165) is 45.3 Å². The maximum atomic E-state index is 5.77. The maximum Gasteiger partial charge on any atom is 0.0497 e. The minimum Gasteiger partial charge on any atom is -0.372 e. The molecule has 0 aliphatic heterocycles. The normalized spacial score (nSPS) is 11.3. The molecule has 3 rings (SSSR count). The second-order valence-electron chi connectivity index (χ2n) is 7.93. The van der Waals surface area contributed by atoms with Crippen LogP contribution >= 0.6 is 0 Å². The topological polar surface area (TPSA) is 45.0 Å². The first-order chi connectivity index (χ1) is 14.2. The number of aromatic nitrogens is 1. The fourth-order valence-electron chi connectivity index (χ4n) is 4.21. The molecule has 0 bridgehead atoms. The minimum atomic E-state index is 0.762. The second kappa shape index (κ2) is 10.5. The van der Waals surface area contributed by atoms with Gasteiger partial charge in [0, 0.05) is 35.4 Å². The highest BCUT2D eigenvalue weighted by atomic mass is 15.1. The molecule has 0 fully saturated rings. The average Bonchev–Trinajstić information content (AvgIpc) is 3.12. The van der Waals surface area contributed by atoms with Crippen LogP contribution in [0.25, 0.3) is 22.2 Å². The van der Waals surface area contributed by atoms with Gasteiger partial charge in [-0.1, -0.05) is 31.5 Å². The van der Waals surface area contributed by atoms with Gasteiger partial charge in [0.1, 0.15) is 0 Å². The van der Waals surface area contributed by atoms with E-state index in [9.17, 15) is 0 Å². The van der Waals surface area contributed by atoms with Crippen molar-refractivity contribution in [3.8, 4) is 11.3 Å². The van der Waals surface area contributed by atoms with Crippen molar-refractivity contribution in [2.45, 2.75) is 59.3 Å². The molecule has 0 radical (unpaired) electrons. The average molecular weight is 392 g/mol. The van der Waals surface area contributed by atoms with Crippen LogP contribution in [0.15, 0.2) is 42.5 Å². The Morgan fingerprint density at radius 3 is 2.28 bits per heavy atom. The highest BCUT2D eigenvalue weighted by Crippen LogP contribution is 2.33. The first-order valence-electron chi connectivity index (χ1n) is 11.4.